The van der Waals surface area contributed by atoms with Crippen molar-refractivity contribution in [1.29, 1.82) is 0 Å². The van der Waals surface area contributed by atoms with Gasteiger partial charge in [-0.05, 0) is 52.2 Å². The molecule has 4 aliphatic rings. The molecule has 0 bridgehead atoms. The Bertz CT molecular complexity index is 779. The van der Waals surface area contributed by atoms with E-state index >= 15 is 0 Å². The number of allylic oxidation sites excluding steroid dienone is 1. The summed E-state index contributed by atoms with van der Waals surface area (Å²) in [5.74, 6) is 1.31. The molecule has 3 aliphatic heterocycles. The second kappa shape index (κ2) is 6.27. The smallest absolute Gasteiger partial charge is 0.400 e. The summed E-state index contributed by atoms with van der Waals surface area (Å²) in [6, 6.07) is 0. The summed E-state index contributed by atoms with van der Waals surface area (Å²) in [7, 11) is 1.22. The summed E-state index contributed by atoms with van der Waals surface area (Å²) in [4.78, 5) is 16.4. The van der Waals surface area contributed by atoms with Gasteiger partial charge in [0, 0.05) is 25.3 Å². The fraction of sp³-hybridized carbons (Fsp3) is 0.667. The van der Waals surface area contributed by atoms with Crippen LogP contribution in [0.1, 0.15) is 47.0 Å². The highest BCUT2D eigenvalue weighted by Gasteiger charge is 2.54. The van der Waals surface area contributed by atoms with E-state index in [0.717, 1.165) is 24.0 Å². The van der Waals surface area contributed by atoms with E-state index in [1.165, 1.54) is 0 Å². The number of carbonyl (C=O) groups excluding carboxylic acids is 1. The SMILES string of the molecule is CN=C1NC=C(B2OC(C)(C)C(C)(C)O2)C2CC(NC(=O)C3CC3)=NN=C12. The van der Waals surface area contributed by atoms with E-state index in [9.17, 15) is 4.79 Å². The number of nitrogens with one attached hydrogen (secondary N) is 2. The summed E-state index contributed by atoms with van der Waals surface area (Å²) in [6.45, 7) is 8.12. The van der Waals surface area contributed by atoms with Gasteiger partial charge in [0.1, 0.15) is 17.4 Å². The van der Waals surface area contributed by atoms with Crippen LogP contribution < -0.4 is 10.6 Å². The number of hydrogen-bond donors (Lipinski definition) is 2. The summed E-state index contributed by atoms with van der Waals surface area (Å²) in [5, 5.41) is 14.7. The Kier molecular flexibility index (Phi) is 4.27. The molecule has 1 amide bonds. The molecule has 0 aromatic rings. The van der Waals surface area contributed by atoms with Gasteiger partial charge in [0.05, 0.1) is 11.2 Å². The Morgan fingerprint density at radius 2 is 1.93 bits per heavy atom. The molecule has 1 saturated heterocycles. The molecule has 144 valence electrons. The van der Waals surface area contributed by atoms with Gasteiger partial charge in [-0.25, -0.2) is 0 Å². The largest absolute Gasteiger partial charge is 0.492 e. The highest BCUT2D eigenvalue weighted by Crippen LogP contribution is 2.41. The third-order valence-corrected chi connectivity index (χ3v) is 5.99. The number of fused-ring (bicyclic) bond motifs is 1. The van der Waals surface area contributed by atoms with Gasteiger partial charge in [0.15, 0.2) is 0 Å². The van der Waals surface area contributed by atoms with Crippen molar-refractivity contribution in [2.45, 2.75) is 58.2 Å². The average molecular weight is 371 g/mol. The van der Waals surface area contributed by atoms with Crippen LogP contribution in [0.4, 0.5) is 0 Å². The lowest BCUT2D eigenvalue weighted by Gasteiger charge is -2.32. The van der Waals surface area contributed by atoms with E-state index in [1.54, 1.807) is 7.05 Å². The van der Waals surface area contributed by atoms with Gasteiger partial charge >= 0.3 is 7.12 Å². The maximum absolute atomic E-state index is 12.1. The zero-order chi connectivity index (χ0) is 19.4. The van der Waals surface area contributed by atoms with E-state index < -0.39 is 18.3 Å². The summed E-state index contributed by atoms with van der Waals surface area (Å²) in [6.07, 6.45) is 4.33. The molecule has 2 fully saturated rings. The lowest BCUT2D eigenvalue weighted by molar-refractivity contribution is -0.120. The van der Waals surface area contributed by atoms with Crippen LogP contribution in [0.3, 0.4) is 0 Å². The second-order valence-electron chi connectivity index (χ2n) is 8.50. The Labute approximate surface area is 159 Å². The van der Waals surface area contributed by atoms with Crippen molar-refractivity contribution in [3.8, 4) is 0 Å². The molecule has 1 aliphatic carbocycles. The minimum Gasteiger partial charge on any atom is -0.400 e. The normalized spacial score (nSPS) is 30.1. The molecule has 0 aromatic heterocycles. The van der Waals surface area contributed by atoms with E-state index in [-0.39, 0.29) is 17.7 Å². The fourth-order valence-electron chi connectivity index (χ4n) is 3.39. The van der Waals surface area contributed by atoms with Crippen LogP contribution in [0.25, 0.3) is 0 Å². The lowest BCUT2D eigenvalue weighted by atomic mass is 9.67. The van der Waals surface area contributed by atoms with Crippen LogP contribution in [-0.2, 0) is 14.1 Å². The van der Waals surface area contributed by atoms with Gasteiger partial charge in [0.2, 0.25) is 5.91 Å². The Balaban J connectivity index is 1.60. The van der Waals surface area contributed by atoms with E-state index in [4.69, 9.17) is 9.31 Å². The summed E-state index contributed by atoms with van der Waals surface area (Å²) >= 11 is 0. The number of rotatable bonds is 2. The molecule has 9 heteroatoms. The van der Waals surface area contributed by atoms with Crippen molar-refractivity contribution in [2.24, 2.45) is 27.0 Å². The molecule has 2 N–H and O–H groups in total. The van der Waals surface area contributed by atoms with Crippen LogP contribution in [0.15, 0.2) is 26.9 Å². The minimum absolute atomic E-state index is 0.0341. The van der Waals surface area contributed by atoms with Crippen LogP contribution in [-0.4, -0.2) is 48.7 Å². The number of carbonyl (C=O) groups is 1. The molecule has 1 unspecified atom stereocenters. The maximum Gasteiger partial charge on any atom is 0.492 e. The van der Waals surface area contributed by atoms with Crippen LogP contribution in [0.5, 0.6) is 0 Å². The van der Waals surface area contributed by atoms with Crippen molar-refractivity contribution in [2.75, 3.05) is 7.05 Å². The topological polar surface area (TPSA) is 96.7 Å². The predicted octanol–water partition coefficient (Wildman–Crippen LogP) is 1.43. The highest BCUT2D eigenvalue weighted by atomic mass is 16.7. The number of hydrogen-bond acceptors (Lipinski definition) is 6. The van der Waals surface area contributed by atoms with Gasteiger partial charge in [0.25, 0.3) is 0 Å². The van der Waals surface area contributed by atoms with Gasteiger partial charge in [-0.15, -0.1) is 10.2 Å². The first-order chi connectivity index (χ1) is 12.7. The molecule has 4 rings (SSSR count). The average Bonchev–Trinajstić information content (AvgIpc) is 3.41. The second-order valence-corrected chi connectivity index (χ2v) is 8.50. The van der Waals surface area contributed by atoms with Crippen LogP contribution in [0.2, 0.25) is 0 Å². The summed E-state index contributed by atoms with van der Waals surface area (Å²) < 4.78 is 12.5. The summed E-state index contributed by atoms with van der Waals surface area (Å²) in [5.41, 5.74) is 0.823. The van der Waals surface area contributed by atoms with E-state index in [0.29, 0.717) is 18.1 Å². The number of nitrogens with zero attached hydrogens (tertiary/aromatic N) is 3. The van der Waals surface area contributed by atoms with Gasteiger partial charge < -0.3 is 19.9 Å². The van der Waals surface area contributed by atoms with Crippen LogP contribution in [0, 0.1) is 11.8 Å². The monoisotopic (exact) mass is 371 g/mol. The van der Waals surface area contributed by atoms with Crippen molar-refractivity contribution >= 4 is 30.4 Å². The molecule has 3 heterocycles. The molecule has 0 aromatic carbocycles. The molecule has 27 heavy (non-hydrogen) atoms. The molecule has 0 radical (unpaired) electrons. The fourth-order valence-corrected chi connectivity index (χ4v) is 3.39. The third-order valence-electron chi connectivity index (χ3n) is 5.99. The first-order valence-corrected chi connectivity index (χ1v) is 9.46. The van der Waals surface area contributed by atoms with Crippen molar-refractivity contribution in [3.05, 3.63) is 11.7 Å². The maximum atomic E-state index is 12.1. The first-order valence-electron chi connectivity index (χ1n) is 9.46. The Hall–Kier alpha value is -2.00. The quantitative estimate of drug-likeness (QED) is 0.718. The number of amides is 1. The molecule has 0 spiro atoms. The van der Waals surface area contributed by atoms with Crippen molar-refractivity contribution < 1.29 is 14.1 Å². The van der Waals surface area contributed by atoms with Crippen molar-refractivity contribution in [3.63, 3.8) is 0 Å². The van der Waals surface area contributed by atoms with E-state index in [1.807, 2.05) is 33.9 Å². The highest BCUT2D eigenvalue weighted by molar-refractivity contribution is 6.58. The standard InChI is InChI=1S/C18H26BN5O3/c1-17(2)18(3,4)27-19(26-17)12-9-21-15(20-5)14-11(12)8-13(23-24-14)22-16(25)10-6-7-10/h9-11H,6-8H2,1-5H3,(H,20,21)(H,22,23,25). The minimum atomic E-state index is -0.491. The first kappa shape index (κ1) is 18.4. The van der Waals surface area contributed by atoms with Gasteiger partial charge in [-0.2, -0.15) is 0 Å². The van der Waals surface area contributed by atoms with Crippen LogP contribution >= 0.6 is 0 Å². The molecular formula is C18H26BN5O3. The van der Waals surface area contributed by atoms with Gasteiger partial charge in [-0.1, -0.05) is 0 Å². The van der Waals surface area contributed by atoms with E-state index in [2.05, 4.69) is 25.8 Å². The predicted molar refractivity (Wildman–Crippen MR) is 105 cm³/mol. The third kappa shape index (κ3) is 3.23. The molecule has 1 atom stereocenters. The molecular weight excluding hydrogens is 345 g/mol. The Morgan fingerprint density at radius 1 is 1.26 bits per heavy atom. The zero-order valence-electron chi connectivity index (χ0n) is 16.5. The van der Waals surface area contributed by atoms with Gasteiger partial charge in [-0.3, -0.25) is 9.79 Å². The van der Waals surface area contributed by atoms with Crippen molar-refractivity contribution in [1.82, 2.24) is 10.6 Å². The number of amidine groups is 2. The zero-order valence-corrected chi connectivity index (χ0v) is 16.5. The number of aliphatic imine (C=N–C) groups is 1. The Morgan fingerprint density at radius 3 is 2.52 bits per heavy atom. The molecule has 1 saturated carbocycles. The lowest BCUT2D eigenvalue weighted by Crippen LogP contribution is -2.47. The molecule has 8 nitrogen and oxygen atoms in total.